The average Bonchev–Trinajstić information content (AvgIpc) is 2.52. The zero-order valence-corrected chi connectivity index (χ0v) is 14.1. The highest BCUT2D eigenvalue weighted by Gasteiger charge is 2.24. The fourth-order valence-electron chi connectivity index (χ4n) is 3.55. The molecule has 1 aliphatic rings. The first-order chi connectivity index (χ1) is 10.1. The molecule has 1 saturated carbocycles. The van der Waals surface area contributed by atoms with Gasteiger partial charge in [-0.15, -0.1) is 0 Å². The molecular formula is C18H29ClN2. The summed E-state index contributed by atoms with van der Waals surface area (Å²) >= 11 is 6.12. The molecule has 2 unspecified atom stereocenters. The number of nitrogens with zero attached hydrogens (tertiary/aromatic N) is 1. The van der Waals surface area contributed by atoms with E-state index >= 15 is 0 Å². The largest absolute Gasteiger partial charge is 0.329 e. The summed E-state index contributed by atoms with van der Waals surface area (Å²) in [5.74, 6) is 0.862. The van der Waals surface area contributed by atoms with E-state index in [0.29, 0.717) is 12.1 Å². The molecule has 0 saturated heterocycles. The van der Waals surface area contributed by atoms with Gasteiger partial charge in [-0.1, -0.05) is 55.8 Å². The molecule has 1 aromatic carbocycles. The lowest BCUT2D eigenvalue weighted by atomic mass is 9.84. The van der Waals surface area contributed by atoms with E-state index in [1.807, 2.05) is 12.1 Å². The highest BCUT2D eigenvalue weighted by molar-refractivity contribution is 6.30. The molecule has 0 aromatic heterocycles. The maximum atomic E-state index is 6.12. The normalized spacial score (nSPS) is 19.7. The van der Waals surface area contributed by atoms with Gasteiger partial charge >= 0.3 is 0 Å². The molecule has 2 nitrogen and oxygen atoms in total. The Balaban J connectivity index is 1.99. The van der Waals surface area contributed by atoms with Crippen molar-refractivity contribution in [1.29, 1.82) is 0 Å². The molecule has 0 heterocycles. The Hall–Kier alpha value is -0.570. The SMILES string of the molecule is CC(c1cccc(Cl)c1)N(C)C(CN)CC1CCCCC1. The van der Waals surface area contributed by atoms with Crippen LogP contribution in [0.3, 0.4) is 0 Å². The molecule has 2 N–H and O–H groups in total. The second-order valence-corrected chi connectivity index (χ2v) is 6.96. The van der Waals surface area contributed by atoms with Crippen LogP contribution in [0.5, 0.6) is 0 Å². The Bertz CT molecular complexity index is 429. The van der Waals surface area contributed by atoms with Gasteiger partial charge in [0.2, 0.25) is 0 Å². The van der Waals surface area contributed by atoms with E-state index in [-0.39, 0.29) is 0 Å². The zero-order valence-electron chi connectivity index (χ0n) is 13.4. The number of nitrogens with two attached hydrogens (primary N) is 1. The summed E-state index contributed by atoms with van der Waals surface area (Å²) in [4.78, 5) is 2.43. The molecule has 2 atom stereocenters. The summed E-state index contributed by atoms with van der Waals surface area (Å²) in [6.07, 6.45) is 8.22. The first kappa shape index (κ1) is 16.8. The monoisotopic (exact) mass is 308 g/mol. The predicted octanol–water partition coefficient (Wildman–Crippen LogP) is 4.63. The third kappa shape index (κ3) is 4.70. The van der Waals surface area contributed by atoms with Gasteiger partial charge in [-0.05, 0) is 44.0 Å². The zero-order chi connectivity index (χ0) is 15.2. The molecule has 118 valence electrons. The quantitative estimate of drug-likeness (QED) is 0.830. The van der Waals surface area contributed by atoms with Crippen LogP contribution in [0.2, 0.25) is 5.02 Å². The van der Waals surface area contributed by atoms with E-state index in [0.717, 1.165) is 17.5 Å². The number of likely N-dealkylation sites (N-methyl/N-ethyl adjacent to an activating group) is 1. The van der Waals surface area contributed by atoms with Crippen LogP contribution < -0.4 is 5.73 Å². The molecule has 0 amide bonds. The number of hydrogen-bond donors (Lipinski definition) is 1. The van der Waals surface area contributed by atoms with Gasteiger partial charge in [0.1, 0.15) is 0 Å². The van der Waals surface area contributed by atoms with Crippen molar-refractivity contribution >= 4 is 11.6 Å². The summed E-state index contributed by atoms with van der Waals surface area (Å²) in [7, 11) is 2.20. The maximum absolute atomic E-state index is 6.12. The van der Waals surface area contributed by atoms with Gasteiger partial charge in [0.05, 0.1) is 0 Å². The molecule has 2 rings (SSSR count). The number of hydrogen-bond acceptors (Lipinski definition) is 2. The van der Waals surface area contributed by atoms with Gasteiger partial charge in [-0.25, -0.2) is 0 Å². The lowest BCUT2D eigenvalue weighted by Crippen LogP contribution is -2.41. The summed E-state index contributed by atoms with van der Waals surface area (Å²) in [6, 6.07) is 8.99. The van der Waals surface area contributed by atoms with Gasteiger partial charge in [0, 0.05) is 23.7 Å². The van der Waals surface area contributed by atoms with Crippen molar-refractivity contribution in [3.63, 3.8) is 0 Å². The van der Waals surface area contributed by atoms with E-state index in [1.165, 1.54) is 44.1 Å². The fraction of sp³-hybridized carbons (Fsp3) is 0.667. The summed E-state index contributed by atoms with van der Waals surface area (Å²) in [5.41, 5.74) is 7.34. The van der Waals surface area contributed by atoms with Crippen LogP contribution in [0.1, 0.15) is 57.1 Å². The molecule has 1 aromatic rings. The van der Waals surface area contributed by atoms with Crippen LogP contribution in [0, 0.1) is 5.92 Å². The van der Waals surface area contributed by atoms with E-state index in [1.54, 1.807) is 0 Å². The molecule has 0 aliphatic heterocycles. The second kappa shape index (κ2) is 8.17. The number of benzene rings is 1. The van der Waals surface area contributed by atoms with Crippen molar-refractivity contribution in [2.24, 2.45) is 11.7 Å². The van der Waals surface area contributed by atoms with Gasteiger partial charge in [0.25, 0.3) is 0 Å². The van der Waals surface area contributed by atoms with Crippen LogP contribution >= 0.6 is 11.6 Å². The van der Waals surface area contributed by atoms with Gasteiger partial charge in [-0.3, -0.25) is 4.90 Å². The summed E-state index contributed by atoms with van der Waals surface area (Å²) < 4.78 is 0. The Kier molecular flexibility index (Phi) is 6.53. The van der Waals surface area contributed by atoms with Crippen molar-refractivity contribution in [3.05, 3.63) is 34.9 Å². The van der Waals surface area contributed by atoms with E-state index in [2.05, 4.69) is 31.0 Å². The first-order valence-electron chi connectivity index (χ1n) is 8.29. The second-order valence-electron chi connectivity index (χ2n) is 6.53. The Morgan fingerprint density at radius 1 is 1.29 bits per heavy atom. The predicted molar refractivity (Wildman–Crippen MR) is 91.7 cm³/mol. The van der Waals surface area contributed by atoms with E-state index < -0.39 is 0 Å². The third-order valence-corrected chi connectivity index (χ3v) is 5.36. The minimum Gasteiger partial charge on any atom is -0.329 e. The maximum Gasteiger partial charge on any atom is 0.0409 e. The molecule has 3 heteroatoms. The minimum atomic E-state index is 0.348. The van der Waals surface area contributed by atoms with E-state index in [4.69, 9.17) is 17.3 Å². The Morgan fingerprint density at radius 3 is 2.62 bits per heavy atom. The van der Waals surface area contributed by atoms with Crippen LogP contribution in [0.4, 0.5) is 0 Å². The van der Waals surface area contributed by atoms with Crippen LogP contribution in [-0.2, 0) is 0 Å². The molecule has 1 aliphatic carbocycles. The molecule has 0 bridgehead atoms. The Morgan fingerprint density at radius 2 is 2.00 bits per heavy atom. The molecule has 0 spiro atoms. The number of rotatable bonds is 6. The summed E-state index contributed by atoms with van der Waals surface area (Å²) in [6.45, 7) is 2.98. The average molecular weight is 309 g/mol. The third-order valence-electron chi connectivity index (χ3n) is 5.12. The van der Waals surface area contributed by atoms with Crippen LogP contribution in [-0.4, -0.2) is 24.5 Å². The highest BCUT2D eigenvalue weighted by Crippen LogP contribution is 2.30. The Labute approximate surface area is 134 Å². The van der Waals surface area contributed by atoms with Crippen molar-refractivity contribution in [3.8, 4) is 0 Å². The lowest BCUT2D eigenvalue weighted by Gasteiger charge is -2.36. The fourth-order valence-corrected chi connectivity index (χ4v) is 3.75. The topological polar surface area (TPSA) is 29.3 Å². The van der Waals surface area contributed by atoms with Crippen molar-refractivity contribution in [2.75, 3.05) is 13.6 Å². The van der Waals surface area contributed by atoms with Crippen LogP contribution in [0.25, 0.3) is 0 Å². The van der Waals surface area contributed by atoms with Crippen LogP contribution in [0.15, 0.2) is 24.3 Å². The summed E-state index contributed by atoms with van der Waals surface area (Å²) in [5, 5.41) is 0.810. The van der Waals surface area contributed by atoms with Crippen molar-refractivity contribution < 1.29 is 0 Å². The number of halogens is 1. The van der Waals surface area contributed by atoms with E-state index in [9.17, 15) is 0 Å². The van der Waals surface area contributed by atoms with Gasteiger partial charge < -0.3 is 5.73 Å². The van der Waals surface area contributed by atoms with Gasteiger partial charge in [-0.2, -0.15) is 0 Å². The molecule has 0 radical (unpaired) electrons. The van der Waals surface area contributed by atoms with Gasteiger partial charge in [0.15, 0.2) is 0 Å². The molecule has 1 fully saturated rings. The first-order valence-corrected chi connectivity index (χ1v) is 8.67. The minimum absolute atomic E-state index is 0.348. The standard InChI is InChI=1S/C18H29ClN2/c1-14(16-9-6-10-17(19)12-16)21(2)18(13-20)11-15-7-4-3-5-8-15/h6,9-10,12,14-15,18H,3-5,7-8,11,13,20H2,1-2H3. The smallest absolute Gasteiger partial charge is 0.0409 e. The lowest BCUT2D eigenvalue weighted by molar-refractivity contribution is 0.151. The molecule has 21 heavy (non-hydrogen) atoms. The highest BCUT2D eigenvalue weighted by atomic mass is 35.5. The van der Waals surface area contributed by atoms with Crippen molar-refractivity contribution in [1.82, 2.24) is 4.90 Å². The van der Waals surface area contributed by atoms with Crippen molar-refractivity contribution in [2.45, 2.75) is 57.5 Å². The molecular weight excluding hydrogens is 280 g/mol.